The number of carbonyl (C=O) groups is 1. The molecule has 30 heavy (non-hydrogen) atoms. The van der Waals surface area contributed by atoms with Crippen molar-refractivity contribution in [3.8, 4) is 16.9 Å². The molecule has 2 aromatic heterocycles. The summed E-state index contributed by atoms with van der Waals surface area (Å²) in [7, 11) is 3.79. The first-order valence-corrected chi connectivity index (χ1v) is 10.8. The van der Waals surface area contributed by atoms with Crippen LogP contribution in [0.15, 0.2) is 48.7 Å². The number of ether oxygens (including phenoxy) is 1. The zero-order chi connectivity index (χ0) is 21.1. The number of nitrogens with zero attached hydrogens (tertiary/aromatic N) is 3. The fraction of sp³-hybridized carbons (Fsp3) is 0.304. The SMILES string of the molecule is COc1ccc(-c2cc(C(=O)Nc3ccc(N4CCN(C)CC4)cn3)sc2C)cc1. The lowest BCUT2D eigenvalue weighted by atomic mass is 10.1. The third kappa shape index (κ3) is 4.47. The van der Waals surface area contributed by atoms with E-state index in [1.807, 2.05) is 55.6 Å². The van der Waals surface area contributed by atoms with Crippen molar-refractivity contribution in [2.75, 3.05) is 50.6 Å². The third-order valence-corrected chi connectivity index (χ3v) is 6.45. The fourth-order valence-electron chi connectivity index (χ4n) is 3.54. The van der Waals surface area contributed by atoms with Gasteiger partial charge in [0.25, 0.3) is 5.91 Å². The van der Waals surface area contributed by atoms with Crippen molar-refractivity contribution >= 4 is 28.7 Å². The van der Waals surface area contributed by atoms with Crippen molar-refractivity contribution in [1.29, 1.82) is 0 Å². The Morgan fingerprint density at radius 3 is 2.47 bits per heavy atom. The summed E-state index contributed by atoms with van der Waals surface area (Å²) < 4.78 is 5.22. The van der Waals surface area contributed by atoms with Gasteiger partial charge in [0.15, 0.2) is 0 Å². The molecule has 0 aliphatic carbocycles. The van der Waals surface area contributed by atoms with Gasteiger partial charge >= 0.3 is 0 Å². The van der Waals surface area contributed by atoms with Crippen molar-refractivity contribution in [2.45, 2.75) is 6.92 Å². The predicted molar refractivity (Wildman–Crippen MR) is 123 cm³/mol. The van der Waals surface area contributed by atoms with Crippen LogP contribution in [0.4, 0.5) is 11.5 Å². The summed E-state index contributed by atoms with van der Waals surface area (Å²) in [6, 6.07) is 13.7. The Morgan fingerprint density at radius 1 is 1.10 bits per heavy atom. The number of piperazine rings is 1. The van der Waals surface area contributed by atoms with Crippen LogP contribution in [-0.2, 0) is 0 Å². The molecule has 4 rings (SSSR count). The van der Waals surface area contributed by atoms with Crippen LogP contribution in [0.2, 0.25) is 0 Å². The minimum Gasteiger partial charge on any atom is -0.497 e. The van der Waals surface area contributed by atoms with Crippen LogP contribution in [0, 0.1) is 6.92 Å². The number of methoxy groups -OCH3 is 1. The van der Waals surface area contributed by atoms with E-state index in [0.29, 0.717) is 10.7 Å². The molecule has 6 nitrogen and oxygen atoms in total. The highest BCUT2D eigenvalue weighted by molar-refractivity contribution is 7.14. The van der Waals surface area contributed by atoms with E-state index >= 15 is 0 Å². The van der Waals surface area contributed by atoms with E-state index < -0.39 is 0 Å². The van der Waals surface area contributed by atoms with E-state index in [1.54, 1.807) is 7.11 Å². The molecule has 0 spiro atoms. The van der Waals surface area contributed by atoms with E-state index in [4.69, 9.17) is 4.74 Å². The molecule has 3 heterocycles. The fourth-order valence-corrected chi connectivity index (χ4v) is 4.48. The van der Waals surface area contributed by atoms with Crippen LogP contribution >= 0.6 is 11.3 Å². The lowest BCUT2D eigenvalue weighted by Gasteiger charge is -2.33. The van der Waals surface area contributed by atoms with Gasteiger partial charge < -0.3 is 19.9 Å². The van der Waals surface area contributed by atoms with Crippen molar-refractivity contribution < 1.29 is 9.53 Å². The van der Waals surface area contributed by atoms with Crippen molar-refractivity contribution in [2.24, 2.45) is 0 Å². The molecular weight excluding hydrogens is 396 g/mol. The van der Waals surface area contributed by atoms with Crippen molar-refractivity contribution in [1.82, 2.24) is 9.88 Å². The number of carbonyl (C=O) groups excluding carboxylic acids is 1. The minimum absolute atomic E-state index is 0.136. The highest BCUT2D eigenvalue weighted by Crippen LogP contribution is 2.32. The quantitative estimate of drug-likeness (QED) is 0.670. The number of aromatic nitrogens is 1. The number of amides is 1. The van der Waals surface area contributed by atoms with Crippen LogP contribution < -0.4 is 15.0 Å². The first-order chi connectivity index (χ1) is 14.5. The molecule has 1 fully saturated rings. The molecule has 0 atom stereocenters. The first-order valence-electron chi connectivity index (χ1n) is 9.99. The summed E-state index contributed by atoms with van der Waals surface area (Å²) in [6.45, 7) is 6.11. The van der Waals surface area contributed by atoms with E-state index in [2.05, 4.69) is 27.1 Å². The van der Waals surface area contributed by atoms with Gasteiger partial charge in [0.1, 0.15) is 11.6 Å². The molecule has 7 heteroatoms. The normalized spacial score (nSPS) is 14.6. The van der Waals surface area contributed by atoms with Gasteiger partial charge in [0, 0.05) is 31.1 Å². The molecule has 0 saturated carbocycles. The van der Waals surface area contributed by atoms with Crippen molar-refractivity contribution in [3.63, 3.8) is 0 Å². The third-order valence-electron chi connectivity index (χ3n) is 5.40. The molecule has 1 aromatic carbocycles. The Balaban J connectivity index is 1.43. The largest absolute Gasteiger partial charge is 0.497 e. The summed E-state index contributed by atoms with van der Waals surface area (Å²) in [5, 5.41) is 2.92. The highest BCUT2D eigenvalue weighted by Gasteiger charge is 2.16. The first kappa shape index (κ1) is 20.4. The number of nitrogens with one attached hydrogen (secondary N) is 1. The lowest BCUT2D eigenvalue weighted by molar-refractivity contribution is 0.103. The number of hydrogen-bond acceptors (Lipinski definition) is 6. The van der Waals surface area contributed by atoms with Gasteiger partial charge in [0.2, 0.25) is 0 Å². The Labute approximate surface area is 181 Å². The molecule has 156 valence electrons. The average molecular weight is 423 g/mol. The Kier molecular flexibility index (Phi) is 6.01. The molecule has 0 radical (unpaired) electrons. The van der Waals surface area contributed by atoms with Gasteiger partial charge in [-0.05, 0) is 55.4 Å². The van der Waals surface area contributed by atoms with Gasteiger partial charge in [-0.1, -0.05) is 12.1 Å². The van der Waals surface area contributed by atoms with Crippen LogP contribution in [0.1, 0.15) is 14.5 Å². The van der Waals surface area contributed by atoms with E-state index in [9.17, 15) is 4.79 Å². The van der Waals surface area contributed by atoms with Gasteiger partial charge in [-0.25, -0.2) is 4.98 Å². The molecule has 1 aliphatic rings. The minimum atomic E-state index is -0.136. The Morgan fingerprint density at radius 2 is 1.83 bits per heavy atom. The molecule has 1 saturated heterocycles. The lowest BCUT2D eigenvalue weighted by Crippen LogP contribution is -2.44. The molecule has 3 aromatic rings. The molecular formula is C23H26N4O2S. The van der Waals surface area contributed by atoms with Crippen LogP contribution in [0.3, 0.4) is 0 Å². The Hall–Kier alpha value is -2.90. The van der Waals surface area contributed by atoms with E-state index in [-0.39, 0.29) is 5.91 Å². The number of aryl methyl sites for hydroxylation is 1. The second-order valence-electron chi connectivity index (χ2n) is 7.46. The number of anilines is 2. The number of hydrogen-bond donors (Lipinski definition) is 1. The molecule has 0 bridgehead atoms. The number of likely N-dealkylation sites (N-methyl/N-ethyl adjacent to an activating group) is 1. The van der Waals surface area contributed by atoms with Crippen LogP contribution in [-0.4, -0.2) is 56.1 Å². The monoisotopic (exact) mass is 422 g/mol. The van der Waals surface area contributed by atoms with Crippen molar-refractivity contribution in [3.05, 3.63) is 58.4 Å². The average Bonchev–Trinajstić information content (AvgIpc) is 3.17. The van der Waals surface area contributed by atoms with Gasteiger partial charge in [-0.3, -0.25) is 4.79 Å². The summed E-state index contributed by atoms with van der Waals surface area (Å²) in [5.41, 5.74) is 3.22. The summed E-state index contributed by atoms with van der Waals surface area (Å²) in [4.78, 5) is 23.6. The molecule has 1 amide bonds. The zero-order valence-corrected chi connectivity index (χ0v) is 18.3. The van der Waals surface area contributed by atoms with Gasteiger partial charge in [-0.2, -0.15) is 0 Å². The second-order valence-corrected chi connectivity index (χ2v) is 8.71. The molecule has 0 unspecified atom stereocenters. The second kappa shape index (κ2) is 8.85. The van der Waals surface area contributed by atoms with E-state index in [1.165, 1.54) is 11.3 Å². The highest BCUT2D eigenvalue weighted by atomic mass is 32.1. The summed E-state index contributed by atoms with van der Waals surface area (Å²) in [6.07, 6.45) is 1.84. The number of thiophene rings is 1. The number of rotatable bonds is 5. The topological polar surface area (TPSA) is 57.7 Å². The zero-order valence-electron chi connectivity index (χ0n) is 17.5. The maximum absolute atomic E-state index is 12.8. The summed E-state index contributed by atoms with van der Waals surface area (Å²) in [5.74, 6) is 1.24. The maximum Gasteiger partial charge on any atom is 0.266 e. The standard InChI is InChI=1S/C23H26N4O2S/c1-16-20(17-4-7-19(29-3)8-5-17)14-21(30-16)23(28)25-22-9-6-18(15-24-22)27-12-10-26(2)11-13-27/h4-9,14-15H,10-13H2,1-3H3,(H,24,25,28). The maximum atomic E-state index is 12.8. The molecule has 1 aliphatic heterocycles. The molecule has 1 N–H and O–H groups in total. The van der Waals surface area contributed by atoms with Crippen LogP contribution in [0.5, 0.6) is 5.75 Å². The number of pyridine rings is 1. The van der Waals surface area contributed by atoms with Gasteiger partial charge in [-0.15, -0.1) is 11.3 Å². The van der Waals surface area contributed by atoms with E-state index in [0.717, 1.165) is 53.6 Å². The van der Waals surface area contributed by atoms with Crippen LogP contribution in [0.25, 0.3) is 11.1 Å². The smallest absolute Gasteiger partial charge is 0.266 e. The number of benzene rings is 1. The Bertz CT molecular complexity index is 1010. The predicted octanol–water partition coefficient (Wildman–Crippen LogP) is 4.13. The van der Waals surface area contributed by atoms with Gasteiger partial charge in [0.05, 0.1) is 23.9 Å². The summed E-state index contributed by atoms with van der Waals surface area (Å²) >= 11 is 1.49.